The Morgan fingerprint density at radius 3 is 2.30 bits per heavy atom. The highest BCUT2D eigenvalue weighted by molar-refractivity contribution is 5.26. The normalized spacial score (nSPS) is 10.9. The van der Waals surface area contributed by atoms with Crippen LogP contribution < -0.4 is 4.74 Å². The molecule has 0 amide bonds. The minimum atomic E-state index is 0.543. The number of nitrogens with zero attached hydrogens (tertiary/aromatic N) is 1. The largest absolute Gasteiger partial charge is 0.494 e. The molecule has 2 aromatic rings. The highest BCUT2D eigenvalue weighted by Crippen LogP contribution is 2.12. The summed E-state index contributed by atoms with van der Waals surface area (Å²) in [6.45, 7) is 6.10. The van der Waals surface area contributed by atoms with Gasteiger partial charge in [0.1, 0.15) is 17.2 Å². The average Bonchev–Trinajstić information content (AvgIpc) is 2.96. The second kappa shape index (κ2) is 10.1. The maximum Gasteiger partial charge on any atom is 0.134 e. The van der Waals surface area contributed by atoms with E-state index in [1.807, 2.05) is 25.1 Å². The first-order chi connectivity index (χ1) is 11.2. The summed E-state index contributed by atoms with van der Waals surface area (Å²) in [6.07, 6.45) is 5.82. The van der Waals surface area contributed by atoms with Crippen LogP contribution in [0.5, 0.6) is 5.75 Å². The summed E-state index contributed by atoms with van der Waals surface area (Å²) in [6, 6.07) is 10.1. The van der Waals surface area contributed by atoms with Gasteiger partial charge in [0.05, 0.1) is 13.2 Å². The van der Waals surface area contributed by atoms with Gasteiger partial charge in [0.15, 0.2) is 0 Å². The molecular weight excluding hydrogens is 290 g/mol. The predicted octanol–water partition coefficient (Wildman–Crippen LogP) is 4.84. The van der Waals surface area contributed by atoms with Crippen molar-refractivity contribution in [3.8, 4) is 5.75 Å². The zero-order chi connectivity index (χ0) is 16.3. The lowest BCUT2D eigenvalue weighted by molar-refractivity contribution is 0.111. The van der Waals surface area contributed by atoms with Gasteiger partial charge in [-0.1, -0.05) is 42.1 Å². The van der Waals surface area contributed by atoms with Gasteiger partial charge in [0, 0.05) is 12.7 Å². The number of hydrogen-bond acceptors (Lipinski definition) is 4. The van der Waals surface area contributed by atoms with Crippen molar-refractivity contribution in [3.63, 3.8) is 0 Å². The molecule has 4 nitrogen and oxygen atoms in total. The minimum Gasteiger partial charge on any atom is -0.494 e. The van der Waals surface area contributed by atoms with Crippen LogP contribution >= 0.6 is 0 Å². The van der Waals surface area contributed by atoms with E-state index < -0.39 is 0 Å². The fourth-order valence-corrected chi connectivity index (χ4v) is 2.32. The van der Waals surface area contributed by atoms with Crippen LogP contribution in [0.3, 0.4) is 0 Å². The van der Waals surface area contributed by atoms with Gasteiger partial charge in [-0.05, 0) is 38.8 Å². The Bertz CT molecular complexity index is 548. The molecule has 0 fully saturated rings. The second-order valence-electron chi connectivity index (χ2n) is 5.91. The summed E-state index contributed by atoms with van der Waals surface area (Å²) >= 11 is 0. The standard InChI is InChI=1S/C19H27NO3/c1-16-8-10-19(11-9-16)22-13-7-5-3-4-6-12-21-15-18-14-17(2)23-20-18/h8-11,14H,3-7,12-13,15H2,1-2H3. The Labute approximate surface area is 138 Å². The van der Waals surface area contributed by atoms with Gasteiger partial charge in [-0.2, -0.15) is 0 Å². The van der Waals surface area contributed by atoms with E-state index in [-0.39, 0.29) is 0 Å². The van der Waals surface area contributed by atoms with Crippen molar-refractivity contribution in [2.45, 2.75) is 52.6 Å². The van der Waals surface area contributed by atoms with Crippen molar-refractivity contribution in [2.75, 3.05) is 13.2 Å². The van der Waals surface area contributed by atoms with E-state index in [2.05, 4.69) is 24.2 Å². The van der Waals surface area contributed by atoms with E-state index >= 15 is 0 Å². The minimum absolute atomic E-state index is 0.543. The Morgan fingerprint density at radius 2 is 1.61 bits per heavy atom. The van der Waals surface area contributed by atoms with Crippen LogP contribution in [0.2, 0.25) is 0 Å². The maximum absolute atomic E-state index is 5.72. The molecule has 0 aliphatic rings. The Hall–Kier alpha value is -1.81. The van der Waals surface area contributed by atoms with Gasteiger partial charge >= 0.3 is 0 Å². The molecule has 0 spiro atoms. The van der Waals surface area contributed by atoms with Crippen LogP contribution in [0.4, 0.5) is 0 Å². The lowest BCUT2D eigenvalue weighted by atomic mass is 10.1. The maximum atomic E-state index is 5.72. The first-order valence-electron chi connectivity index (χ1n) is 8.43. The summed E-state index contributed by atoms with van der Waals surface area (Å²) in [5.41, 5.74) is 2.13. The lowest BCUT2D eigenvalue weighted by Gasteiger charge is -2.06. The molecule has 0 aliphatic carbocycles. The van der Waals surface area contributed by atoms with Gasteiger partial charge < -0.3 is 14.0 Å². The molecule has 0 saturated heterocycles. The molecule has 0 N–H and O–H groups in total. The Balaban J connectivity index is 1.38. The van der Waals surface area contributed by atoms with Crippen LogP contribution in [-0.4, -0.2) is 18.4 Å². The first kappa shape index (κ1) is 17.5. The van der Waals surface area contributed by atoms with E-state index in [4.69, 9.17) is 14.0 Å². The summed E-state index contributed by atoms with van der Waals surface area (Å²) in [4.78, 5) is 0. The SMILES string of the molecule is Cc1ccc(OCCCCCCCOCc2cc(C)on2)cc1. The van der Waals surface area contributed by atoms with Gasteiger partial charge in [-0.15, -0.1) is 0 Å². The molecule has 0 aliphatic heterocycles. The van der Waals surface area contributed by atoms with E-state index in [1.165, 1.54) is 24.8 Å². The first-order valence-corrected chi connectivity index (χ1v) is 8.43. The smallest absolute Gasteiger partial charge is 0.134 e. The van der Waals surface area contributed by atoms with Crippen molar-refractivity contribution in [1.82, 2.24) is 5.16 Å². The molecule has 0 radical (unpaired) electrons. The number of aromatic nitrogens is 1. The van der Waals surface area contributed by atoms with Gasteiger partial charge in [-0.3, -0.25) is 0 Å². The van der Waals surface area contributed by atoms with Crippen molar-refractivity contribution >= 4 is 0 Å². The molecule has 1 aromatic heterocycles. The highest BCUT2D eigenvalue weighted by Gasteiger charge is 2.00. The fraction of sp³-hybridized carbons (Fsp3) is 0.526. The molecule has 1 aromatic carbocycles. The van der Waals surface area contributed by atoms with Crippen molar-refractivity contribution < 1.29 is 14.0 Å². The Morgan fingerprint density at radius 1 is 0.913 bits per heavy atom. The topological polar surface area (TPSA) is 44.5 Å². The quantitative estimate of drug-likeness (QED) is 0.556. The molecule has 126 valence electrons. The zero-order valence-corrected chi connectivity index (χ0v) is 14.2. The number of unbranched alkanes of at least 4 members (excludes halogenated alkanes) is 4. The summed E-state index contributed by atoms with van der Waals surface area (Å²) in [5, 5.41) is 3.90. The van der Waals surface area contributed by atoms with Crippen LogP contribution in [0.1, 0.15) is 49.1 Å². The molecule has 0 saturated carbocycles. The number of rotatable bonds is 11. The van der Waals surface area contributed by atoms with Gasteiger partial charge in [0.25, 0.3) is 0 Å². The second-order valence-corrected chi connectivity index (χ2v) is 5.91. The van der Waals surface area contributed by atoms with Crippen molar-refractivity contribution in [2.24, 2.45) is 0 Å². The summed E-state index contributed by atoms with van der Waals surface area (Å²) < 4.78 is 16.3. The summed E-state index contributed by atoms with van der Waals surface area (Å²) in [5.74, 6) is 1.79. The summed E-state index contributed by atoms with van der Waals surface area (Å²) in [7, 11) is 0. The zero-order valence-electron chi connectivity index (χ0n) is 14.2. The van der Waals surface area contributed by atoms with E-state index in [0.717, 1.165) is 43.3 Å². The fourth-order valence-electron chi connectivity index (χ4n) is 2.32. The number of aryl methyl sites for hydroxylation is 2. The van der Waals surface area contributed by atoms with Crippen molar-refractivity contribution in [3.05, 3.63) is 47.3 Å². The van der Waals surface area contributed by atoms with Crippen LogP contribution in [-0.2, 0) is 11.3 Å². The van der Waals surface area contributed by atoms with E-state index in [1.54, 1.807) is 0 Å². The predicted molar refractivity (Wildman–Crippen MR) is 90.7 cm³/mol. The third-order valence-electron chi connectivity index (χ3n) is 3.65. The monoisotopic (exact) mass is 317 g/mol. The Kier molecular flexibility index (Phi) is 7.67. The number of ether oxygens (including phenoxy) is 2. The highest BCUT2D eigenvalue weighted by atomic mass is 16.5. The lowest BCUT2D eigenvalue weighted by Crippen LogP contribution is -1.98. The molecule has 23 heavy (non-hydrogen) atoms. The average molecular weight is 317 g/mol. The molecule has 1 heterocycles. The van der Waals surface area contributed by atoms with Crippen LogP contribution in [0.15, 0.2) is 34.9 Å². The molecule has 2 rings (SSSR count). The van der Waals surface area contributed by atoms with Crippen LogP contribution in [0, 0.1) is 13.8 Å². The van der Waals surface area contributed by atoms with Gasteiger partial charge in [0.2, 0.25) is 0 Å². The third-order valence-corrected chi connectivity index (χ3v) is 3.65. The van der Waals surface area contributed by atoms with Gasteiger partial charge in [-0.25, -0.2) is 0 Å². The number of benzene rings is 1. The third kappa shape index (κ3) is 7.33. The molecular formula is C19H27NO3. The molecule has 0 bridgehead atoms. The molecule has 0 unspecified atom stereocenters. The van der Waals surface area contributed by atoms with Crippen molar-refractivity contribution in [1.29, 1.82) is 0 Å². The van der Waals surface area contributed by atoms with E-state index in [0.29, 0.717) is 6.61 Å². The number of hydrogen-bond donors (Lipinski definition) is 0. The molecule has 0 atom stereocenters. The van der Waals surface area contributed by atoms with Crippen LogP contribution in [0.25, 0.3) is 0 Å². The molecule has 4 heteroatoms. The van der Waals surface area contributed by atoms with E-state index in [9.17, 15) is 0 Å².